The number of furan rings is 1. The predicted octanol–water partition coefficient (Wildman–Crippen LogP) is 4.05. The van der Waals surface area contributed by atoms with Gasteiger partial charge >= 0.3 is 0 Å². The minimum Gasteiger partial charge on any atom is -0.451 e. The van der Waals surface area contributed by atoms with Crippen molar-refractivity contribution in [1.82, 2.24) is 20.7 Å². The molecule has 33 heavy (non-hydrogen) atoms. The molecule has 8 nitrogen and oxygen atoms in total. The van der Waals surface area contributed by atoms with Crippen molar-refractivity contribution >= 4 is 51.4 Å². The maximum Gasteiger partial charge on any atom is 0.289 e. The Labute approximate surface area is 197 Å². The summed E-state index contributed by atoms with van der Waals surface area (Å²) in [5.41, 5.74) is 6.26. The number of benzene rings is 1. The Morgan fingerprint density at radius 2 is 1.82 bits per heavy atom. The second-order valence-corrected chi connectivity index (χ2v) is 9.38. The van der Waals surface area contributed by atoms with Crippen LogP contribution >= 0.6 is 22.7 Å². The van der Waals surface area contributed by atoms with Crippen LogP contribution in [0.4, 0.5) is 0 Å². The Kier molecular flexibility index (Phi) is 5.93. The third-order valence-corrected chi connectivity index (χ3v) is 7.29. The van der Waals surface area contributed by atoms with Crippen LogP contribution in [0.25, 0.3) is 11.0 Å². The second kappa shape index (κ2) is 9.16. The number of thiophene rings is 1. The lowest BCUT2D eigenvalue weighted by atomic mass is 9.97. The fourth-order valence-corrected chi connectivity index (χ4v) is 5.40. The molecule has 168 valence electrons. The monoisotopic (exact) mass is 480 g/mol. The summed E-state index contributed by atoms with van der Waals surface area (Å²) in [6.45, 7) is 1.19. The van der Waals surface area contributed by atoms with Gasteiger partial charge in [-0.3, -0.25) is 25.2 Å². The molecule has 0 spiro atoms. The van der Waals surface area contributed by atoms with E-state index >= 15 is 0 Å². The standard InChI is InChI=1S/C23H20N4O4S2/c28-20(16-7-10-32-12-16)25-26-21(29)17-13-33-22(24-17)14-5-8-27(9-6-14)23(30)19-11-15-3-1-2-4-18(15)31-19/h1-4,7,10-14H,5-6,8-9H2,(H,25,28)(H,26,29). The number of para-hydroxylation sites is 1. The highest BCUT2D eigenvalue weighted by Gasteiger charge is 2.28. The van der Waals surface area contributed by atoms with Crippen LogP contribution < -0.4 is 10.9 Å². The molecular formula is C23H20N4O4S2. The van der Waals surface area contributed by atoms with Crippen molar-refractivity contribution in [2.24, 2.45) is 0 Å². The molecule has 4 heterocycles. The number of hydrogen-bond donors (Lipinski definition) is 2. The van der Waals surface area contributed by atoms with Crippen molar-refractivity contribution in [2.45, 2.75) is 18.8 Å². The summed E-state index contributed by atoms with van der Waals surface area (Å²) in [5, 5.41) is 6.95. The number of thiazole rings is 1. The van der Waals surface area contributed by atoms with Gasteiger partial charge in [0.1, 0.15) is 11.3 Å². The fraction of sp³-hybridized carbons (Fsp3) is 0.217. The van der Waals surface area contributed by atoms with E-state index in [1.807, 2.05) is 24.3 Å². The van der Waals surface area contributed by atoms with E-state index in [1.54, 1.807) is 33.2 Å². The third-order valence-electron chi connectivity index (χ3n) is 5.60. The number of nitrogens with one attached hydrogen (secondary N) is 2. The van der Waals surface area contributed by atoms with Crippen LogP contribution in [0.15, 0.2) is 57.0 Å². The fourth-order valence-electron chi connectivity index (χ4n) is 3.80. The summed E-state index contributed by atoms with van der Waals surface area (Å²) < 4.78 is 5.71. The topological polar surface area (TPSA) is 105 Å². The highest BCUT2D eigenvalue weighted by Crippen LogP contribution is 2.31. The molecular weight excluding hydrogens is 460 g/mol. The average molecular weight is 481 g/mol. The van der Waals surface area contributed by atoms with Gasteiger partial charge in [0.05, 0.1) is 10.6 Å². The zero-order valence-corrected chi connectivity index (χ0v) is 19.1. The van der Waals surface area contributed by atoms with Crippen molar-refractivity contribution < 1.29 is 18.8 Å². The highest BCUT2D eigenvalue weighted by atomic mass is 32.1. The summed E-state index contributed by atoms with van der Waals surface area (Å²) in [5.74, 6) is -0.408. The van der Waals surface area contributed by atoms with Crippen LogP contribution in [0.5, 0.6) is 0 Å². The van der Waals surface area contributed by atoms with Gasteiger partial charge in [-0.15, -0.1) is 11.3 Å². The van der Waals surface area contributed by atoms with Gasteiger partial charge in [0.15, 0.2) is 5.76 Å². The lowest BCUT2D eigenvalue weighted by molar-refractivity contribution is 0.0683. The van der Waals surface area contributed by atoms with E-state index in [9.17, 15) is 14.4 Å². The Balaban J connectivity index is 1.15. The Morgan fingerprint density at radius 3 is 2.58 bits per heavy atom. The van der Waals surface area contributed by atoms with Crippen molar-refractivity contribution in [1.29, 1.82) is 0 Å². The van der Waals surface area contributed by atoms with Crippen molar-refractivity contribution in [3.8, 4) is 0 Å². The number of carbonyl (C=O) groups excluding carboxylic acids is 3. The molecule has 1 aliphatic rings. The molecule has 0 saturated carbocycles. The molecule has 4 aromatic rings. The van der Waals surface area contributed by atoms with Crippen molar-refractivity contribution in [2.75, 3.05) is 13.1 Å². The van der Waals surface area contributed by atoms with Crippen molar-refractivity contribution in [3.63, 3.8) is 0 Å². The summed E-state index contributed by atoms with van der Waals surface area (Å²) in [6, 6.07) is 11.0. The third kappa shape index (κ3) is 4.53. The highest BCUT2D eigenvalue weighted by molar-refractivity contribution is 7.10. The molecule has 1 aliphatic heterocycles. The van der Waals surface area contributed by atoms with Gasteiger partial charge in [-0.2, -0.15) is 11.3 Å². The number of carbonyl (C=O) groups is 3. The largest absolute Gasteiger partial charge is 0.451 e. The number of likely N-dealkylation sites (tertiary alicyclic amines) is 1. The van der Waals surface area contributed by atoms with E-state index in [4.69, 9.17) is 4.42 Å². The number of amides is 3. The Morgan fingerprint density at radius 1 is 1.03 bits per heavy atom. The first kappa shape index (κ1) is 21.4. The van der Waals surface area contributed by atoms with Crippen LogP contribution in [-0.2, 0) is 0 Å². The minimum atomic E-state index is -0.460. The Bertz CT molecular complexity index is 1270. The van der Waals surface area contributed by atoms with E-state index < -0.39 is 5.91 Å². The summed E-state index contributed by atoms with van der Waals surface area (Å²) in [4.78, 5) is 43.4. The first-order valence-electron chi connectivity index (χ1n) is 10.4. The normalized spacial score (nSPS) is 14.4. The minimum absolute atomic E-state index is 0.106. The van der Waals surface area contributed by atoms with E-state index in [2.05, 4.69) is 15.8 Å². The summed E-state index contributed by atoms with van der Waals surface area (Å²) in [7, 11) is 0. The van der Waals surface area contributed by atoms with Crippen LogP contribution in [0, 0.1) is 0 Å². The molecule has 10 heteroatoms. The van der Waals surface area contributed by atoms with Gasteiger partial charge in [0, 0.05) is 35.2 Å². The number of hydrazine groups is 1. The lowest BCUT2D eigenvalue weighted by Gasteiger charge is -2.30. The predicted molar refractivity (Wildman–Crippen MR) is 125 cm³/mol. The molecule has 3 amide bonds. The second-order valence-electron chi connectivity index (χ2n) is 7.71. The molecule has 0 radical (unpaired) electrons. The quantitative estimate of drug-likeness (QED) is 0.429. The molecule has 5 rings (SSSR count). The zero-order valence-electron chi connectivity index (χ0n) is 17.4. The maximum absolute atomic E-state index is 12.9. The zero-order chi connectivity index (χ0) is 22.8. The van der Waals surface area contributed by atoms with E-state index in [1.165, 1.54) is 22.7 Å². The number of piperidine rings is 1. The van der Waals surface area contributed by atoms with Crippen molar-refractivity contribution in [3.05, 3.63) is 74.6 Å². The number of aromatic nitrogens is 1. The van der Waals surface area contributed by atoms with E-state index in [0.29, 0.717) is 30.0 Å². The first-order valence-corrected chi connectivity index (χ1v) is 12.3. The molecule has 0 unspecified atom stereocenters. The van der Waals surface area contributed by atoms with E-state index in [-0.39, 0.29) is 23.4 Å². The molecule has 1 aromatic carbocycles. The average Bonchev–Trinajstić information content (AvgIpc) is 3.62. The molecule has 1 fully saturated rings. The van der Waals surface area contributed by atoms with Crippen LogP contribution in [0.3, 0.4) is 0 Å². The molecule has 2 N–H and O–H groups in total. The molecule has 0 atom stereocenters. The first-order chi connectivity index (χ1) is 16.1. The van der Waals surface area contributed by atoms with E-state index in [0.717, 1.165) is 23.2 Å². The van der Waals surface area contributed by atoms with Gasteiger partial charge in [-0.1, -0.05) is 18.2 Å². The van der Waals surface area contributed by atoms with Gasteiger partial charge in [-0.05, 0) is 36.4 Å². The molecule has 0 bridgehead atoms. The van der Waals surface area contributed by atoms with Crippen LogP contribution in [-0.4, -0.2) is 40.7 Å². The number of nitrogens with zero attached hydrogens (tertiary/aromatic N) is 2. The van der Waals surface area contributed by atoms with Gasteiger partial charge < -0.3 is 9.32 Å². The van der Waals surface area contributed by atoms with Gasteiger partial charge in [-0.25, -0.2) is 4.98 Å². The SMILES string of the molecule is O=C(NNC(=O)c1csc(C2CCN(C(=O)c3cc4ccccc4o3)CC2)n1)c1ccsc1. The smallest absolute Gasteiger partial charge is 0.289 e. The van der Waals surface area contributed by atoms with Gasteiger partial charge in [0.25, 0.3) is 17.7 Å². The number of rotatable bonds is 4. The van der Waals surface area contributed by atoms with Crippen LogP contribution in [0.2, 0.25) is 0 Å². The summed E-state index contributed by atoms with van der Waals surface area (Å²) in [6.07, 6.45) is 1.52. The number of fused-ring (bicyclic) bond motifs is 1. The van der Waals surface area contributed by atoms with Crippen LogP contribution in [0.1, 0.15) is 55.2 Å². The Hall–Kier alpha value is -3.50. The number of hydrogen-bond acceptors (Lipinski definition) is 7. The maximum atomic E-state index is 12.9. The van der Waals surface area contributed by atoms with Gasteiger partial charge in [0.2, 0.25) is 0 Å². The molecule has 3 aromatic heterocycles. The summed E-state index contributed by atoms with van der Waals surface area (Å²) >= 11 is 2.83. The molecule has 0 aliphatic carbocycles. The molecule has 1 saturated heterocycles. The lowest BCUT2D eigenvalue weighted by Crippen LogP contribution is -2.41.